The Balaban J connectivity index is 2.45. The number of allylic oxidation sites excluding steroid dienone is 2. The van der Waals surface area contributed by atoms with Crippen LogP contribution in [0, 0.1) is 0 Å². The number of halogens is 1. The molecule has 0 aromatic rings. The van der Waals surface area contributed by atoms with Crippen LogP contribution in [0.4, 0.5) is 0 Å². The zero-order chi connectivity index (χ0) is 5.98. The quantitative estimate of drug-likeness (QED) is 0.391. The summed E-state index contributed by atoms with van der Waals surface area (Å²) in [5, 5.41) is 3.11. The molecular weight excluding hydrogens is 122 g/mol. The summed E-state index contributed by atoms with van der Waals surface area (Å²) in [7, 11) is 0. The van der Waals surface area contributed by atoms with Crippen LogP contribution in [0.2, 0.25) is 0 Å². The maximum atomic E-state index is 5.76. The van der Waals surface area contributed by atoms with E-state index in [1.165, 1.54) is 5.70 Å². The van der Waals surface area contributed by atoms with Crippen molar-refractivity contribution in [3.63, 3.8) is 0 Å². The van der Waals surface area contributed by atoms with Gasteiger partial charge in [0, 0.05) is 5.70 Å². The van der Waals surface area contributed by atoms with Gasteiger partial charge in [0.2, 0.25) is 0 Å². The Bertz CT molecular complexity index is 109. The van der Waals surface area contributed by atoms with Gasteiger partial charge in [0.15, 0.2) is 0 Å². The van der Waals surface area contributed by atoms with Crippen LogP contribution >= 0.6 is 11.6 Å². The molecule has 1 aliphatic heterocycles. The summed E-state index contributed by atoms with van der Waals surface area (Å²) in [5.74, 6) is 0. The molecule has 2 heteroatoms. The van der Waals surface area contributed by atoms with Crippen LogP contribution in [0.3, 0.4) is 0 Å². The fraction of sp³-hybridized carbons (Fsp3) is 0.667. The Hall–Kier alpha value is -0.170. The Labute approximate surface area is 54.7 Å². The molecule has 0 saturated carbocycles. The van der Waals surface area contributed by atoms with Gasteiger partial charge >= 0.3 is 0 Å². The monoisotopic (exact) mass is 131 g/mol. The molecule has 0 aromatic carbocycles. The van der Waals surface area contributed by atoms with E-state index in [1.807, 2.05) is 6.92 Å². The van der Waals surface area contributed by atoms with Crippen molar-refractivity contribution >= 4 is 11.6 Å². The second-order valence-electron chi connectivity index (χ2n) is 2.08. The van der Waals surface area contributed by atoms with Gasteiger partial charge in [0.1, 0.15) is 5.50 Å². The van der Waals surface area contributed by atoms with Crippen molar-refractivity contribution in [2.24, 2.45) is 0 Å². The number of rotatable bonds is 0. The van der Waals surface area contributed by atoms with Crippen LogP contribution in [0.25, 0.3) is 0 Å². The predicted molar refractivity (Wildman–Crippen MR) is 35.8 cm³/mol. The van der Waals surface area contributed by atoms with E-state index < -0.39 is 0 Å². The van der Waals surface area contributed by atoms with Gasteiger partial charge in [-0.3, -0.25) is 0 Å². The third kappa shape index (κ3) is 1.41. The molecule has 1 aliphatic rings. The van der Waals surface area contributed by atoms with Crippen LogP contribution in [0.5, 0.6) is 0 Å². The molecule has 1 N–H and O–H groups in total. The van der Waals surface area contributed by atoms with E-state index in [9.17, 15) is 0 Å². The van der Waals surface area contributed by atoms with Crippen molar-refractivity contribution in [1.29, 1.82) is 0 Å². The number of hydrogen-bond donors (Lipinski definition) is 1. The molecule has 8 heavy (non-hydrogen) atoms. The van der Waals surface area contributed by atoms with E-state index in [2.05, 4.69) is 11.4 Å². The van der Waals surface area contributed by atoms with Gasteiger partial charge in [-0.1, -0.05) is 17.7 Å². The van der Waals surface area contributed by atoms with Gasteiger partial charge in [-0.05, 0) is 19.8 Å². The SMILES string of the molecule is CC1=CCC[C@H](Cl)N1. The predicted octanol–water partition coefficient (Wildman–Crippen LogP) is 1.84. The summed E-state index contributed by atoms with van der Waals surface area (Å²) in [6.45, 7) is 2.04. The molecule has 46 valence electrons. The minimum atomic E-state index is 0.167. The highest BCUT2D eigenvalue weighted by atomic mass is 35.5. The van der Waals surface area contributed by atoms with Crippen molar-refractivity contribution in [3.05, 3.63) is 11.8 Å². The molecule has 0 spiro atoms. The zero-order valence-corrected chi connectivity index (χ0v) is 5.70. The summed E-state index contributed by atoms with van der Waals surface area (Å²) >= 11 is 5.76. The van der Waals surface area contributed by atoms with Crippen LogP contribution in [-0.2, 0) is 0 Å². The van der Waals surface area contributed by atoms with Crippen molar-refractivity contribution < 1.29 is 0 Å². The molecule has 1 rings (SSSR count). The summed E-state index contributed by atoms with van der Waals surface area (Å²) in [5.41, 5.74) is 1.37. The lowest BCUT2D eigenvalue weighted by molar-refractivity contribution is 0.638. The van der Waals surface area contributed by atoms with Crippen LogP contribution in [0.15, 0.2) is 11.8 Å². The molecule has 0 saturated heterocycles. The van der Waals surface area contributed by atoms with Gasteiger partial charge in [0.25, 0.3) is 0 Å². The first-order valence-electron chi connectivity index (χ1n) is 2.86. The van der Waals surface area contributed by atoms with Crippen molar-refractivity contribution in [2.75, 3.05) is 0 Å². The molecule has 0 unspecified atom stereocenters. The first-order chi connectivity index (χ1) is 3.79. The van der Waals surface area contributed by atoms with E-state index in [1.54, 1.807) is 0 Å². The van der Waals surface area contributed by atoms with E-state index >= 15 is 0 Å². The van der Waals surface area contributed by atoms with Crippen LogP contribution in [0.1, 0.15) is 19.8 Å². The fourth-order valence-corrected chi connectivity index (χ4v) is 1.12. The lowest BCUT2D eigenvalue weighted by Gasteiger charge is -2.17. The number of alkyl halides is 1. The second kappa shape index (κ2) is 2.40. The van der Waals surface area contributed by atoms with E-state index in [0.717, 1.165) is 12.8 Å². The first-order valence-corrected chi connectivity index (χ1v) is 3.30. The number of nitrogens with one attached hydrogen (secondary N) is 1. The third-order valence-electron chi connectivity index (χ3n) is 1.25. The normalized spacial score (nSPS) is 28.8. The maximum Gasteiger partial charge on any atom is 0.101 e. The highest BCUT2D eigenvalue weighted by molar-refractivity contribution is 6.20. The molecule has 1 atom stereocenters. The van der Waals surface area contributed by atoms with Crippen molar-refractivity contribution in [1.82, 2.24) is 5.32 Å². The lowest BCUT2D eigenvalue weighted by Crippen LogP contribution is -2.24. The van der Waals surface area contributed by atoms with E-state index in [-0.39, 0.29) is 5.50 Å². The summed E-state index contributed by atoms with van der Waals surface area (Å²) < 4.78 is 0. The van der Waals surface area contributed by atoms with Gasteiger partial charge in [-0.15, -0.1) is 0 Å². The highest BCUT2D eigenvalue weighted by Crippen LogP contribution is 2.11. The van der Waals surface area contributed by atoms with Crippen LogP contribution < -0.4 is 5.32 Å². The van der Waals surface area contributed by atoms with Crippen LogP contribution in [-0.4, -0.2) is 5.50 Å². The third-order valence-corrected chi connectivity index (χ3v) is 1.58. The largest absolute Gasteiger partial charge is 0.373 e. The standard InChI is InChI=1S/C6H10ClN/c1-5-3-2-4-6(7)8-5/h3,6,8H,2,4H2,1H3/t6-/m1/s1. The Morgan fingerprint density at radius 3 is 3.00 bits per heavy atom. The summed E-state index contributed by atoms with van der Waals surface area (Å²) in [6.07, 6.45) is 4.34. The Morgan fingerprint density at radius 2 is 2.62 bits per heavy atom. The number of hydrogen-bond acceptors (Lipinski definition) is 1. The van der Waals surface area contributed by atoms with Crippen molar-refractivity contribution in [3.8, 4) is 0 Å². The molecule has 0 bridgehead atoms. The highest BCUT2D eigenvalue weighted by Gasteiger charge is 2.05. The van der Waals surface area contributed by atoms with Gasteiger partial charge < -0.3 is 5.32 Å². The second-order valence-corrected chi connectivity index (χ2v) is 2.60. The smallest absolute Gasteiger partial charge is 0.101 e. The summed E-state index contributed by atoms with van der Waals surface area (Å²) in [4.78, 5) is 0. The fourth-order valence-electron chi connectivity index (χ4n) is 0.824. The zero-order valence-electron chi connectivity index (χ0n) is 4.95. The minimum absolute atomic E-state index is 0.167. The molecule has 1 heterocycles. The molecule has 0 fully saturated rings. The van der Waals surface area contributed by atoms with Gasteiger partial charge in [0.05, 0.1) is 0 Å². The topological polar surface area (TPSA) is 12.0 Å². The molecule has 0 aromatic heterocycles. The van der Waals surface area contributed by atoms with E-state index in [4.69, 9.17) is 11.6 Å². The molecule has 0 amide bonds. The average molecular weight is 132 g/mol. The lowest BCUT2D eigenvalue weighted by atomic mass is 10.2. The minimum Gasteiger partial charge on any atom is -0.373 e. The molecular formula is C6H10ClN. The van der Waals surface area contributed by atoms with Crippen molar-refractivity contribution in [2.45, 2.75) is 25.3 Å². The molecule has 1 nitrogen and oxygen atoms in total. The first kappa shape index (κ1) is 5.96. The Morgan fingerprint density at radius 1 is 1.88 bits per heavy atom. The Kier molecular flexibility index (Phi) is 1.79. The average Bonchev–Trinajstić information content (AvgIpc) is 1.64. The maximum absolute atomic E-state index is 5.76. The van der Waals surface area contributed by atoms with Gasteiger partial charge in [-0.2, -0.15) is 0 Å². The summed E-state index contributed by atoms with van der Waals surface area (Å²) in [6, 6.07) is 0. The van der Waals surface area contributed by atoms with Gasteiger partial charge in [-0.25, -0.2) is 0 Å². The van der Waals surface area contributed by atoms with E-state index in [0.29, 0.717) is 0 Å². The molecule has 0 aliphatic carbocycles. The molecule has 0 radical (unpaired) electrons.